The van der Waals surface area contributed by atoms with Crippen LogP contribution in [0.5, 0.6) is 5.75 Å². The minimum atomic E-state index is -1.03. The van der Waals surface area contributed by atoms with Crippen LogP contribution in [0.25, 0.3) is 11.1 Å². The monoisotopic (exact) mass is 494 g/mol. The first-order chi connectivity index (χ1) is 16.7. The van der Waals surface area contributed by atoms with Crippen LogP contribution in [0.1, 0.15) is 30.2 Å². The lowest BCUT2D eigenvalue weighted by atomic mass is 9.91. The van der Waals surface area contributed by atoms with E-state index in [4.69, 9.17) is 16.3 Å². The van der Waals surface area contributed by atoms with Crippen molar-refractivity contribution in [2.24, 2.45) is 0 Å². The molecule has 1 aromatic heterocycles. The van der Waals surface area contributed by atoms with Crippen molar-refractivity contribution in [3.05, 3.63) is 82.4 Å². The summed E-state index contributed by atoms with van der Waals surface area (Å²) in [6.07, 6.45) is 1.37. The number of β-amino-alcohol motifs (C(OH)–C–C–N with tert-alkyl or cyclic N) is 1. The van der Waals surface area contributed by atoms with Crippen molar-refractivity contribution >= 4 is 11.6 Å². The number of aliphatic hydroxyl groups is 2. The standard InChI is InChI=1S/C28H28ClFN2O3/c1-19-15-20(4-10-26(19)35-14-13-32-12-11-28(2,34)27(33)18-32)3-9-25-24(30)16-22(17-31-25)21-5-7-23(29)8-6-21/h4-8,10,15-17,27,33-34H,11-14,18H2,1-2H3/t27?,28-/m1/s1. The molecule has 4 rings (SSSR count). The van der Waals surface area contributed by atoms with Crippen LogP contribution in [-0.2, 0) is 0 Å². The Bertz CT molecular complexity index is 1250. The second-order valence-corrected chi connectivity index (χ2v) is 9.50. The van der Waals surface area contributed by atoms with E-state index in [1.807, 2.05) is 37.3 Å². The van der Waals surface area contributed by atoms with Crippen LogP contribution in [0, 0.1) is 24.6 Å². The second-order valence-electron chi connectivity index (χ2n) is 9.06. The van der Waals surface area contributed by atoms with Gasteiger partial charge in [0.25, 0.3) is 0 Å². The zero-order valence-electron chi connectivity index (χ0n) is 19.8. The zero-order chi connectivity index (χ0) is 25.0. The lowest BCUT2D eigenvalue weighted by Crippen LogP contribution is -2.54. The number of ether oxygens (including phenoxy) is 1. The summed E-state index contributed by atoms with van der Waals surface area (Å²) in [6, 6.07) is 14.1. The number of halogens is 2. The largest absolute Gasteiger partial charge is 0.492 e. The predicted molar refractivity (Wildman–Crippen MR) is 135 cm³/mol. The highest BCUT2D eigenvalue weighted by Gasteiger charge is 2.36. The maximum absolute atomic E-state index is 14.6. The summed E-state index contributed by atoms with van der Waals surface area (Å²) >= 11 is 5.91. The number of aryl methyl sites for hydroxylation is 1. The Labute approximate surface area is 210 Å². The lowest BCUT2D eigenvalue weighted by Gasteiger charge is -2.39. The van der Waals surface area contributed by atoms with Gasteiger partial charge in [0, 0.05) is 42.0 Å². The number of likely N-dealkylation sites (tertiary alicyclic amines) is 1. The summed E-state index contributed by atoms with van der Waals surface area (Å²) in [6.45, 7) is 5.87. The van der Waals surface area contributed by atoms with Crippen LogP contribution < -0.4 is 4.74 Å². The van der Waals surface area contributed by atoms with Gasteiger partial charge >= 0.3 is 0 Å². The number of rotatable bonds is 5. The van der Waals surface area contributed by atoms with Gasteiger partial charge in [0.05, 0.1) is 11.7 Å². The third-order valence-corrected chi connectivity index (χ3v) is 6.52. The molecule has 1 saturated heterocycles. The first kappa shape index (κ1) is 25.2. The van der Waals surface area contributed by atoms with Crippen molar-refractivity contribution in [2.45, 2.75) is 32.0 Å². The molecule has 5 nitrogen and oxygen atoms in total. The van der Waals surface area contributed by atoms with Gasteiger partial charge in [0.1, 0.15) is 18.1 Å². The maximum Gasteiger partial charge on any atom is 0.158 e. The van der Waals surface area contributed by atoms with E-state index in [1.165, 1.54) is 6.07 Å². The Balaban J connectivity index is 1.35. The van der Waals surface area contributed by atoms with Crippen LogP contribution in [0.3, 0.4) is 0 Å². The fourth-order valence-corrected chi connectivity index (χ4v) is 4.05. The van der Waals surface area contributed by atoms with E-state index in [9.17, 15) is 14.6 Å². The number of hydrogen-bond acceptors (Lipinski definition) is 5. The molecule has 35 heavy (non-hydrogen) atoms. The number of aliphatic hydroxyl groups excluding tert-OH is 1. The third-order valence-electron chi connectivity index (χ3n) is 6.27. The third kappa shape index (κ3) is 6.39. The highest BCUT2D eigenvalue weighted by Crippen LogP contribution is 2.24. The smallest absolute Gasteiger partial charge is 0.158 e. The van der Waals surface area contributed by atoms with Gasteiger partial charge < -0.3 is 14.9 Å². The molecule has 1 fully saturated rings. The Hall–Kier alpha value is -2.95. The fourth-order valence-electron chi connectivity index (χ4n) is 3.92. The van der Waals surface area contributed by atoms with Gasteiger partial charge in [0.2, 0.25) is 0 Å². The molecule has 2 N–H and O–H groups in total. The molecule has 0 spiro atoms. The van der Waals surface area contributed by atoms with Crippen LogP contribution in [0.2, 0.25) is 5.02 Å². The van der Waals surface area contributed by atoms with Crippen molar-refractivity contribution in [3.63, 3.8) is 0 Å². The topological polar surface area (TPSA) is 65.8 Å². The zero-order valence-corrected chi connectivity index (χ0v) is 20.5. The molecule has 2 aromatic carbocycles. The molecule has 1 unspecified atom stereocenters. The molecular formula is C28H28ClFN2O3. The lowest BCUT2D eigenvalue weighted by molar-refractivity contribution is -0.108. The first-order valence-corrected chi connectivity index (χ1v) is 11.9. The maximum atomic E-state index is 14.6. The highest BCUT2D eigenvalue weighted by molar-refractivity contribution is 6.30. The number of hydrogen-bond donors (Lipinski definition) is 2. The van der Waals surface area contributed by atoms with Crippen LogP contribution in [0.15, 0.2) is 54.7 Å². The van der Waals surface area contributed by atoms with Gasteiger partial charge in [-0.2, -0.15) is 0 Å². The first-order valence-electron chi connectivity index (χ1n) is 11.5. The van der Waals surface area contributed by atoms with Crippen molar-refractivity contribution < 1.29 is 19.3 Å². The molecule has 3 aromatic rings. The van der Waals surface area contributed by atoms with Crippen molar-refractivity contribution in [2.75, 3.05) is 26.2 Å². The molecule has 1 aliphatic heterocycles. The SMILES string of the molecule is Cc1cc(C#Cc2ncc(-c3ccc(Cl)cc3)cc2F)ccc1OCCN1CC[C@@](C)(O)C(O)C1. The van der Waals surface area contributed by atoms with E-state index in [-0.39, 0.29) is 5.69 Å². The van der Waals surface area contributed by atoms with E-state index in [0.29, 0.717) is 43.2 Å². The quantitative estimate of drug-likeness (QED) is 0.513. The second kappa shape index (κ2) is 10.8. The number of piperidine rings is 1. The van der Waals surface area contributed by atoms with E-state index in [1.54, 1.807) is 25.3 Å². The minimum Gasteiger partial charge on any atom is -0.492 e. The number of aromatic nitrogens is 1. The van der Waals surface area contributed by atoms with Crippen LogP contribution in [-0.4, -0.2) is 58.0 Å². The molecular weight excluding hydrogens is 467 g/mol. The summed E-state index contributed by atoms with van der Waals surface area (Å²) in [5.74, 6) is 6.05. The Morgan fingerprint density at radius 1 is 1.17 bits per heavy atom. The molecule has 0 radical (unpaired) electrons. The van der Waals surface area contributed by atoms with Gasteiger partial charge in [-0.1, -0.05) is 29.7 Å². The Morgan fingerprint density at radius 2 is 1.94 bits per heavy atom. The van der Waals surface area contributed by atoms with Crippen molar-refractivity contribution in [1.29, 1.82) is 0 Å². The summed E-state index contributed by atoms with van der Waals surface area (Å²) in [4.78, 5) is 6.27. The van der Waals surface area contributed by atoms with Gasteiger partial charge in [-0.15, -0.1) is 0 Å². The van der Waals surface area contributed by atoms with E-state index in [2.05, 4.69) is 21.7 Å². The molecule has 0 saturated carbocycles. The minimum absolute atomic E-state index is 0.0865. The van der Waals surface area contributed by atoms with Crippen molar-refractivity contribution in [1.82, 2.24) is 9.88 Å². The summed E-state index contributed by atoms with van der Waals surface area (Å²) in [5.41, 5.74) is 2.20. The average molecular weight is 495 g/mol. The average Bonchev–Trinajstić information content (AvgIpc) is 2.82. The van der Waals surface area contributed by atoms with Crippen LogP contribution in [0.4, 0.5) is 4.39 Å². The number of nitrogens with zero attached hydrogens (tertiary/aromatic N) is 2. The number of pyridine rings is 1. The summed E-state index contributed by atoms with van der Waals surface area (Å²) in [7, 11) is 0. The summed E-state index contributed by atoms with van der Waals surface area (Å²) < 4.78 is 20.5. The summed E-state index contributed by atoms with van der Waals surface area (Å²) in [5, 5.41) is 20.7. The molecule has 2 heterocycles. The fraction of sp³-hybridized carbons (Fsp3) is 0.321. The Morgan fingerprint density at radius 3 is 2.63 bits per heavy atom. The van der Waals surface area contributed by atoms with Gasteiger partial charge in [-0.25, -0.2) is 9.37 Å². The molecule has 0 aliphatic carbocycles. The molecule has 1 aliphatic rings. The number of benzene rings is 2. The molecule has 2 atom stereocenters. The molecule has 0 amide bonds. The van der Waals surface area contributed by atoms with Gasteiger partial charge in [0.15, 0.2) is 5.82 Å². The van der Waals surface area contributed by atoms with Gasteiger partial charge in [-0.05, 0) is 73.7 Å². The predicted octanol–water partition coefficient (Wildman–Crippen LogP) is 4.45. The highest BCUT2D eigenvalue weighted by atomic mass is 35.5. The molecule has 7 heteroatoms. The van der Waals surface area contributed by atoms with Crippen molar-refractivity contribution in [3.8, 4) is 28.7 Å². The van der Waals surface area contributed by atoms with E-state index < -0.39 is 17.5 Å². The molecule has 0 bridgehead atoms. The van der Waals surface area contributed by atoms with Crippen LogP contribution >= 0.6 is 11.6 Å². The molecule has 182 valence electrons. The van der Waals surface area contributed by atoms with E-state index >= 15 is 0 Å². The normalized spacial score (nSPS) is 20.2. The Kier molecular flexibility index (Phi) is 7.73. The van der Waals surface area contributed by atoms with E-state index in [0.717, 1.165) is 22.4 Å². The van der Waals surface area contributed by atoms with Gasteiger partial charge in [-0.3, -0.25) is 4.90 Å².